The third-order valence-corrected chi connectivity index (χ3v) is 5.58. The highest BCUT2D eigenvalue weighted by Crippen LogP contribution is 2.34. The standard InChI is InChI=1S/C25H23N7O3/c1-33-23-12-17(2-5-22(23)35-16-18-14-27-6-7-28-18)30-20-3-4-21-25(19(20)13-26)31-24(15-29-21)32-8-10-34-11-9-32/h2-7,12,14-15,30H,8-11,16H2,1H3. The Morgan fingerprint density at radius 1 is 1.09 bits per heavy atom. The molecule has 5 rings (SSSR count). The molecule has 0 amide bonds. The van der Waals surface area contributed by atoms with E-state index < -0.39 is 0 Å². The van der Waals surface area contributed by atoms with Crippen molar-refractivity contribution in [1.29, 1.82) is 5.26 Å². The Kier molecular flexibility index (Phi) is 6.50. The average Bonchev–Trinajstić information content (AvgIpc) is 2.93. The molecule has 0 radical (unpaired) electrons. The highest BCUT2D eigenvalue weighted by molar-refractivity contribution is 5.89. The lowest BCUT2D eigenvalue weighted by Gasteiger charge is -2.27. The first-order valence-corrected chi connectivity index (χ1v) is 11.1. The van der Waals surface area contributed by atoms with E-state index in [1.165, 1.54) is 0 Å². The van der Waals surface area contributed by atoms with Gasteiger partial charge in [0.05, 0.1) is 49.6 Å². The molecule has 176 valence electrons. The number of aromatic nitrogens is 4. The molecule has 0 unspecified atom stereocenters. The predicted molar refractivity (Wildman–Crippen MR) is 130 cm³/mol. The van der Waals surface area contributed by atoms with Gasteiger partial charge in [0.15, 0.2) is 11.5 Å². The maximum atomic E-state index is 9.97. The van der Waals surface area contributed by atoms with E-state index in [1.807, 2.05) is 24.3 Å². The number of hydrogen-bond donors (Lipinski definition) is 1. The second-order valence-electron chi connectivity index (χ2n) is 7.77. The maximum absolute atomic E-state index is 9.97. The minimum atomic E-state index is 0.268. The van der Waals surface area contributed by atoms with E-state index in [0.29, 0.717) is 52.7 Å². The number of rotatable bonds is 7. The van der Waals surface area contributed by atoms with E-state index in [0.717, 1.165) is 24.6 Å². The zero-order valence-electron chi connectivity index (χ0n) is 19.1. The number of nitrogens with one attached hydrogen (secondary N) is 1. The van der Waals surface area contributed by atoms with Gasteiger partial charge in [-0.3, -0.25) is 15.0 Å². The summed E-state index contributed by atoms with van der Waals surface area (Å²) in [7, 11) is 1.58. The van der Waals surface area contributed by atoms with Gasteiger partial charge in [-0.15, -0.1) is 0 Å². The number of nitrogens with zero attached hydrogens (tertiary/aromatic N) is 6. The number of methoxy groups -OCH3 is 1. The van der Waals surface area contributed by atoms with Gasteiger partial charge in [-0.25, -0.2) is 4.98 Å². The normalized spacial score (nSPS) is 13.3. The van der Waals surface area contributed by atoms with E-state index in [4.69, 9.17) is 19.2 Å². The summed E-state index contributed by atoms with van der Waals surface area (Å²) in [5, 5.41) is 13.3. The molecule has 10 heteroatoms. The Bertz CT molecular complexity index is 1370. The second kappa shape index (κ2) is 10.2. The molecule has 2 aromatic heterocycles. The predicted octanol–water partition coefficient (Wildman–Crippen LogP) is 3.46. The van der Waals surface area contributed by atoms with Gasteiger partial charge in [-0.2, -0.15) is 5.26 Å². The van der Waals surface area contributed by atoms with Crippen LogP contribution >= 0.6 is 0 Å². The summed E-state index contributed by atoms with van der Waals surface area (Å²) in [5.41, 5.74) is 3.72. The lowest BCUT2D eigenvalue weighted by Crippen LogP contribution is -2.36. The molecule has 1 saturated heterocycles. The zero-order valence-corrected chi connectivity index (χ0v) is 19.1. The Labute approximate surface area is 202 Å². The monoisotopic (exact) mass is 469 g/mol. The van der Waals surface area contributed by atoms with Crippen LogP contribution in [0.5, 0.6) is 11.5 Å². The Balaban J connectivity index is 1.40. The summed E-state index contributed by atoms with van der Waals surface area (Å²) in [6.45, 7) is 3.04. The molecule has 4 aromatic rings. The zero-order chi connectivity index (χ0) is 24.0. The molecule has 3 heterocycles. The van der Waals surface area contributed by atoms with Crippen molar-refractivity contribution >= 4 is 28.2 Å². The van der Waals surface area contributed by atoms with Crippen molar-refractivity contribution in [2.45, 2.75) is 6.61 Å². The van der Waals surface area contributed by atoms with Crippen molar-refractivity contribution in [3.8, 4) is 17.6 Å². The van der Waals surface area contributed by atoms with Crippen molar-refractivity contribution in [3.05, 3.63) is 66.4 Å². The van der Waals surface area contributed by atoms with Crippen molar-refractivity contribution in [3.63, 3.8) is 0 Å². The number of fused-ring (bicyclic) bond motifs is 1. The van der Waals surface area contributed by atoms with Crippen molar-refractivity contribution in [1.82, 2.24) is 19.9 Å². The van der Waals surface area contributed by atoms with Crippen LogP contribution in [0.1, 0.15) is 11.3 Å². The molecule has 1 fully saturated rings. The molecule has 2 aromatic carbocycles. The molecule has 1 N–H and O–H groups in total. The molecule has 1 aliphatic heterocycles. The van der Waals surface area contributed by atoms with E-state index in [1.54, 1.807) is 38.0 Å². The number of anilines is 3. The first-order chi connectivity index (χ1) is 17.2. The molecule has 0 bridgehead atoms. The molecular formula is C25H23N7O3. The van der Waals surface area contributed by atoms with Gasteiger partial charge in [0.2, 0.25) is 0 Å². The van der Waals surface area contributed by atoms with Gasteiger partial charge in [0, 0.05) is 37.2 Å². The van der Waals surface area contributed by atoms with Gasteiger partial charge in [-0.1, -0.05) is 0 Å². The summed E-state index contributed by atoms with van der Waals surface area (Å²) >= 11 is 0. The summed E-state index contributed by atoms with van der Waals surface area (Å²) in [4.78, 5) is 19.7. The van der Waals surface area contributed by atoms with Crippen LogP contribution in [0.4, 0.5) is 17.2 Å². The van der Waals surface area contributed by atoms with E-state index in [2.05, 4.69) is 31.2 Å². The maximum Gasteiger partial charge on any atom is 0.162 e. The van der Waals surface area contributed by atoms with Crippen LogP contribution in [0.25, 0.3) is 11.0 Å². The summed E-state index contributed by atoms with van der Waals surface area (Å²) in [6, 6.07) is 11.4. The quantitative estimate of drug-likeness (QED) is 0.431. The van der Waals surface area contributed by atoms with Crippen LogP contribution < -0.4 is 19.7 Å². The number of nitriles is 1. The smallest absolute Gasteiger partial charge is 0.162 e. The topological polar surface area (TPSA) is 118 Å². The first kappa shape index (κ1) is 22.3. The lowest BCUT2D eigenvalue weighted by molar-refractivity contribution is 0.122. The van der Waals surface area contributed by atoms with Crippen molar-refractivity contribution in [2.75, 3.05) is 43.6 Å². The highest BCUT2D eigenvalue weighted by atomic mass is 16.5. The minimum Gasteiger partial charge on any atom is -0.493 e. The molecule has 10 nitrogen and oxygen atoms in total. The third-order valence-electron chi connectivity index (χ3n) is 5.58. The number of hydrogen-bond acceptors (Lipinski definition) is 10. The largest absolute Gasteiger partial charge is 0.493 e. The van der Waals surface area contributed by atoms with Gasteiger partial charge in [-0.05, 0) is 24.3 Å². The van der Waals surface area contributed by atoms with Crippen LogP contribution in [0, 0.1) is 11.3 Å². The molecular weight excluding hydrogens is 446 g/mol. The molecule has 0 atom stereocenters. The van der Waals surface area contributed by atoms with Crippen LogP contribution in [0.15, 0.2) is 55.1 Å². The van der Waals surface area contributed by atoms with Gasteiger partial charge in [0.25, 0.3) is 0 Å². The van der Waals surface area contributed by atoms with Gasteiger partial charge >= 0.3 is 0 Å². The number of benzene rings is 2. The number of morpholine rings is 1. The summed E-state index contributed by atoms with van der Waals surface area (Å²) < 4.78 is 16.8. The Morgan fingerprint density at radius 3 is 2.74 bits per heavy atom. The first-order valence-electron chi connectivity index (χ1n) is 11.1. The summed E-state index contributed by atoms with van der Waals surface area (Å²) in [5.74, 6) is 1.86. The van der Waals surface area contributed by atoms with Crippen molar-refractivity contribution in [2.24, 2.45) is 0 Å². The van der Waals surface area contributed by atoms with E-state index in [9.17, 15) is 5.26 Å². The molecule has 0 aliphatic carbocycles. The van der Waals surface area contributed by atoms with Crippen LogP contribution in [-0.4, -0.2) is 53.3 Å². The molecule has 0 spiro atoms. The molecule has 35 heavy (non-hydrogen) atoms. The number of ether oxygens (including phenoxy) is 3. The Hall–Kier alpha value is -4.49. The highest BCUT2D eigenvalue weighted by Gasteiger charge is 2.17. The fourth-order valence-corrected chi connectivity index (χ4v) is 3.81. The summed E-state index contributed by atoms with van der Waals surface area (Å²) in [6.07, 6.45) is 6.63. The molecule has 1 aliphatic rings. The second-order valence-corrected chi connectivity index (χ2v) is 7.77. The van der Waals surface area contributed by atoms with Gasteiger partial charge in [0.1, 0.15) is 29.6 Å². The lowest BCUT2D eigenvalue weighted by atomic mass is 10.1. The van der Waals surface area contributed by atoms with E-state index >= 15 is 0 Å². The Morgan fingerprint density at radius 2 is 1.97 bits per heavy atom. The fraction of sp³-hybridized carbons (Fsp3) is 0.240. The van der Waals surface area contributed by atoms with Gasteiger partial charge < -0.3 is 24.4 Å². The SMILES string of the molecule is COc1cc(Nc2ccc3ncc(N4CCOCC4)nc3c2C#N)ccc1OCc1cnccn1. The van der Waals surface area contributed by atoms with Crippen LogP contribution in [0.2, 0.25) is 0 Å². The minimum absolute atomic E-state index is 0.268. The fourth-order valence-electron chi connectivity index (χ4n) is 3.81. The average molecular weight is 470 g/mol. The molecule has 0 saturated carbocycles. The van der Waals surface area contributed by atoms with Crippen LogP contribution in [0.3, 0.4) is 0 Å². The third kappa shape index (κ3) is 4.90. The van der Waals surface area contributed by atoms with E-state index in [-0.39, 0.29) is 6.61 Å². The van der Waals surface area contributed by atoms with Crippen LogP contribution in [-0.2, 0) is 11.3 Å². The van der Waals surface area contributed by atoms with Crippen molar-refractivity contribution < 1.29 is 14.2 Å².